The lowest BCUT2D eigenvalue weighted by Gasteiger charge is -2.42. The van der Waals surface area contributed by atoms with E-state index >= 15 is 0 Å². The van der Waals surface area contributed by atoms with Crippen LogP contribution >= 0.6 is 11.6 Å². The van der Waals surface area contributed by atoms with Crippen LogP contribution in [0.5, 0.6) is 0 Å². The minimum absolute atomic E-state index is 0.119. The van der Waals surface area contributed by atoms with Crippen LogP contribution in [-0.4, -0.2) is 6.29 Å². The van der Waals surface area contributed by atoms with Crippen molar-refractivity contribution >= 4 is 23.6 Å². The van der Waals surface area contributed by atoms with Crippen LogP contribution in [0, 0.1) is 18.8 Å². The summed E-state index contributed by atoms with van der Waals surface area (Å²) in [7, 11) is 0. The molecule has 0 spiro atoms. The highest BCUT2D eigenvalue weighted by atomic mass is 35.5. The predicted molar refractivity (Wildman–Crippen MR) is 105 cm³/mol. The van der Waals surface area contributed by atoms with Crippen molar-refractivity contribution in [2.45, 2.75) is 44.9 Å². The molecule has 0 aromatic heterocycles. The molecule has 0 radical (unpaired) electrons. The van der Waals surface area contributed by atoms with Gasteiger partial charge in [0.25, 0.3) is 0 Å². The Morgan fingerprint density at radius 3 is 2.48 bits per heavy atom. The molecule has 1 fully saturated rings. The van der Waals surface area contributed by atoms with Crippen molar-refractivity contribution in [2.75, 3.05) is 5.73 Å². The number of nitrogen functional groups attached to an aromatic ring is 1. The van der Waals surface area contributed by atoms with Gasteiger partial charge in [-0.05, 0) is 72.4 Å². The second-order valence-electron chi connectivity index (χ2n) is 7.27. The number of benzene rings is 2. The van der Waals surface area contributed by atoms with Crippen molar-refractivity contribution in [2.24, 2.45) is 11.8 Å². The van der Waals surface area contributed by atoms with Crippen molar-refractivity contribution < 1.29 is 4.79 Å². The molecule has 0 bridgehead atoms. The molecule has 0 saturated heterocycles. The highest BCUT2D eigenvalue weighted by Crippen LogP contribution is 2.51. The molecule has 3 rings (SSSR count). The Bertz CT molecular complexity index is 740. The SMILES string of the molecule is CCC1C(C=O)CCC(c2ccc(C)cc2Cl)C1c1ccc(N)cc1. The molecule has 0 amide bonds. The van der Waals surface area contributed by atoms with Crippen molar-refractivity contribution in [3.05, 3.63) is 64.2 Å². The Balaban J connectivity index is 2.08. The Morgan fingerprint density at radius 1 is 1.16 bits per heavy atom. The maximum atomic E-state index is 11.7. The first-order valence-electron chi connectivity index (χ1n) is 9.12. The first-order chi connectivity index (χ1) is 12.0. The smallest absolute Gasteiger partial charge is 0.123 e. The third-order valence-corrected chi connectivity index (χ3v) is 6.11. The van der Waals surface area contributed by atoms with Gasteiger partial charge in [-0.2, -0.15) is 0 Å². The van der Waals surface area contributed by atoms with Crippen molar-refractivity contribution in [1.82, 2.24) is 0 Å². The number of hydrogen-bond acceptors (Lipinski definition) is 2. The summed E-state index contributed by atoms with van der Waals surface area (Å²) in [6.07, 6.45) is 4.06. The fourth-order valence-electron chi connectivity index (χ4n) is 4.54. The van der Waals surface area contributed by atoms with Crippen LogP contribution in [0.25, 0.3) is 0 Å². The number of nitrogens with two attached hydrogens (primary N) is 1. The molecule has 2 aromatic rings. The molecule has 2 aromatic carbocycles. The first kappa shape index (κ1) is 18.0. The Kier molecular flexibility index (Phi) is 5.48. The van der Waals surface area contributed by atoms with Gasteiger partial charge in [0, 0.05) is 16.6 Å². The number of aryl methyl sites for hydroxylation is 1. The van der Waals surface area contributed by atoms with Gasteiger partial charge in [-0.1, -0.05) is 49.2 Å². The highest BCUT2D eigenvalue weighted by molar-refractivity contribution is 6.31. The van der Waals surface area contributed by atoms with E-state index in [0.29, 0.717) is 11.8 Å². The maximum Gasteiger partial charge on any atom is 0.123 e. The van der Waals surface area contributed by atoms with Gasteiger partial charge in [-0.3, -0.25) is 0 Å². The average Bonchev–Trinajstić information content (AvgIpc) is 2.61. The van der Waals surface area contributed by atoms with E-state index in [2.05, 4.69) is 38.1 Å². The Morgan fingerprint density at radius 2 is 1.88 bits per heavy atom. The second kappa shape index (κ2) is 7.61. The van der Waals surface area contributed by atoms with E-state index in [4.69, 9.17) is 17.3 Å². The number of carbonyl (C=O) groups is 1. The molecule has 4 atom stereocenters. The molecule has 0 heterocycles. The molecule has 0 aliphatic heterocycles. The van der Waals surface area contributed by atoms with Crippen molar-refractivity contribution in [3.63, 3.8) is 0 Å². The fraction of sp³-hybridized carbons (Fsp3) is 0.409. The van der Waals surface area contributed by atoms with Crippen LogP contribution < -0.4 is 5.73 Å². The summed E-state index contributed by atoms with van der Waals surface area (Å²) >= 11 is 6.61. The van der Waals surface area contributed by atoms with E-state index in [1.54, 1.807) is 0 Å². The number of aldehydes is 1. The van der Waals surface area contributed by atoms with Gasteiger partial charge in [-0.15, -0.1) is 0 Å². The second-order valence-corrected chi connectivity index (χ2v) is 7.68. The summed E-state index contributed by atoms with van der Waals surface area (Å²) in [6.45, 7) is 4.25. The molecule has 1 saturated carbocycles. The standard InChI is InChI=1S/C22H26ClNO/c1-3-18-16(13-25)7-11-20(19-10-4-14(2)12-21(19)23)22(18)15-5-8-17(24)9-6-15/h4-6,8-10,12-13,16,18,20,22H,3,7,11,24H2,1-2H3. The Labute approximate surface area is 155 Å². The van der Waals surface area contributed by atoms with Gasteiger partial charge in [0.1, 0.15) is 6.29 Å². The summed E-state index contributed by atoms with van der Waals surface area (Å²) < 4.78 is 0. The van der Waals surface area contributed by atoms with Gasteiger partial charge < -0.3 is 10.5 Å². The van der Waals surface area contributed by atoms with Crippen LogP contribution in [0.2, 0.25) is 5.02 Å². The van der Waals surface area contributed by atoms with Gasteiger partial charge in [0.2, 0.25) is 0 Å². The quantitative estimate of drug-likeness (QED) is 0.561. The molecule has 2 nitrogen and oxygen atoms in total. The third-order valence-electron chi connectivity index (χ3n) is 5.78. The molecule has 1 aliphatic carbocycles. The molecular weight excluding hydrogens is 330 g/mol. The van der Waals surface area contributed by atoms with Gasteiger partial charge in [0.05, 0.1) is 0 Å². The molecule has 25 heavy (non-hydrogen) atoms. The summed E-state index contributed by atoms with van der Waals surface area (Å²) in [5, 5.41) is 0.838. The van der Waals surface area contributed by atoms with E-state index in [0.717, 1.165) is 36.3 Å². The molecule has 1 aliphatic rings. The minimum atomic E-state index is 0.119. The van der Waals surface area contributed by atoms with E-state index < -0.39 is 0 Å². The van der Waals surface area contributed by atoms with Crippen LogP contribution in [0.15, 0.2) is 42.5 Å². The lowest BCUT2D eigenvalue weighted by Crippen LogP contribution is -2.32. The molecular formula is C22H26ClNO. The number of anilines is 1. The zero-order valence-corrected chi connectivity index (χ0v) is 15.7. The predicted octanol–water partition coefficient (Wildman–Crippen LogP) is 5.73. The molecule has 132 valence electrons. The van der Waals surface area contributed by atoms with Crippen LogP contribution in [0.4, 0.5) is 5.69 Å². The van der Waals surface area contributed by atoms with Gasteiger partial charge in [0.15, 0.2) is 0 Å². The van der Waals surface area contributed by atoms with Crippen molar-refractivity contribution in [1.29, 1.82) is 0 Å². The fourth-order valence-corrected chi connectivity index (χ4v) is 4.91. The van der Waals surface area contributed by atoms with Gasteiger partial charge >= 0.3 is 0 Å². The topological polar surface area (TPSA) is 43.1 Å². The largest absolute Gasteiger partial charge is 0.399 e. The third kappa shape index (κ3) is 3.59. The summed E-state index contributed by atoms with van der Waals surface area (Å²) in [4.78, 5) is 11.7. The lowest BCUT2D eigenvalue weighted by molar-refractivity contribution is -0.114. The summed E-state index contributed by atoms with van der Waals surface area (Å²) in [5.41, 5.74) is 10.3. The monoisotopic (exact) mass is 355 g/mol. The average molecular weight is 356 g/mol. The number of hydrogen-bond donors (Lipinski definition) is 1. The van der Waals surface area contributed by atoms with E-state index in [9.17, 15) is 4.79 Å². The zero-order chi connectivity index (χ0) is 18.0. The minimum Gasteiger partial charge on any atom is -0.399 e. The maximum absolute atomic E-state index is 11.7. The molecule has 4 unspecified atom stereocenters. The zero-order valence-electron chi connectivity index (χ0n) is 14.9. The van der Waals surface area contributed by atoms with E-state index in [-0.39, 0.29) is 11.8 Å². The lowest BCUT2D eigenvalue weighted by atomic mass is 9.62. The number of halogens is 1. The van der Waals surface area contributed by atoms with Crippen LogP contribution in [-0.2, 0) is 4.79 Å². The number of carbonyl (C=O) groups excluding carboxylic acids is 1. The van der Waals surface area contributed by atoms with Crippen molar-refractivity contribution in [3.8, 4) is 0 Å². The number of rotatable bonds is 4. The Hall–Kier alpha value is -1.80. The van der Waals surface area contributed by atoms with Crippen LogP contribution in [0.3, 0.4) is 0 Å². The molecule has 3 heteroatoms. The van der Waals surface area contributed by atoms with Crippen LogP contribution in [0.1, 0.15) is 54.7 Å². The summed E-state index contributed by atoms with van der Waals surface area (Å²) in [6, 6.07) is 14.5. The van der Waals surface area contributed by atoms with E-state index in [1.165, 1.54) is 16.7 Å². The summed E-state index contributed by atoms with van der Waals surface area (Å²) in [5.74, 6) is 1.07. The molecule has 2 N–H and O–H groups in total. The highest BCUT2D eigenvalue weighted by Gasteiger charge is 2.40. The van der Waals surface area contributed by atoms with Gasteiger partial charge in [-0.25, -0.2) is 0 Å². The first-order valence-corrected chi connectivity index (χ1v) is 9.49. The normalized spacial score (nSPS) is 26.4. The van der Waals surface area contributed by atoms with E-state index in [1.807, 2.05) is 18.2 Å².